The van der Waals surface area contributed by atoms with Crippen molar-refractivity contribution in [1.29, 1.82) is 0 Å². The molecule has 2 amide bonds. The minimum absolute atomic E-state index is 0.323. The lowest BCUT2D eigenvalue weighted by Gasteiger charge is -2.38. The number of halogens is 1. The molecule has 0 bridgehead atoms. The number of anilines is 1. The molecule has 4 aromatic carbocycles. The summed E-state index contributed by atoms with van der Waals surface area (Å²) in [5, 5.41) is 1.78. The summed E-state index contributed by atoms with van der Waals surface area (Å²) in [5.74, 6) is -2.99. The SMILES string of the molecule is COc1ccc([C@@H]2C=C3c4ccc5ccccc5c4OC(=O)[C@@H]3[C@@H]3C(=O)N(c4cccc(Br)c4)C(=O)[C@H]32)cc1. The van der Waals surface area contributed by atoms with E-state index >= 15 is 0 Å². The van der Waals surface area contributed by atoms with Gasteiger partial charge < -0.3 is 9.47 Å². The van der Waals surface area contributed by atoms with E-state index < -0.39 is 35.5 Å². The van der Waals surface area contributed by atoms with Gasteiger partial charge in [-0.2, -0.15) is 0 Å². The number of hydrogen-bond donors (Lipinski definition) is 0. The number of fused-ring (bicyclic) bond motifs is 7. The summed E-state index contributed by atoms with van der Waals surface area (Å²) in [6, 6.07) is 26.3. The molecule has 0 aromatic heterocycles. The molecular weight excluding hydrogens is 558 g/mol. The second kappa shape index (κ2) is 8.92. The van der Waals surface area contributed by atoms with Crippen molar-refractivity contribution in [1.82, 2.24) is 0 Å². The number of methoxy groups -OCH3 is 1. The second-order valence-corrected chi connectivity index (χ2v) is 10.9. The predicted molar refractivity (Wildman–Crippen MR) is 150 cm³/mol. The molecule has 2 heterocycles. The maximum atomic E-state index is 14.1. The Hall–Kier alpha value is -4.23. The monoisotopic (exact) mass is 579 g/mol. The highest BCUT2D eigenvalue weighted by atomic mass is 79.9. The first kappa shape index (κ1) is 23.9. The highest BCUT2D eigenvalue weighted by Crippen LogP contribution is 2.55. The number of allylic oxidation sites excluding steroid dienone is 1. The number of rotatable bonds is 3. The number of ether oxygens (including phenoxy) is 2. The number of nitrogens with zero attached hydrogens (tertiary/aromatic N) is 1. The third kappa shape index (κ3) is 3.57. The van der Waals surface area contributed by atoms with Crippen molar-refractivity contribution < 1.29 is 23.9 Å². The molecule has 1 aliphatic carbocycles. The van der Waals surface area contributed by atoms with Crippen LogP contribution < -0.4 is 14.4 Å². The van der Waals surface area contributed by atoms with Crippen molar-refractivity contribution in [2.75, 3.05) is 12.0 Å². The summed E-state index contributed by atoms with van der Waals surface area (Å²) in [7, 11) is 1.60. The van der Waals surface area contributed by atoms with Crippen LogP contribution in [0.3, 0.4) is 0 Å². The zero-order chi connectivity index (χ0) is 26.8. The lowest BCUT2D eigenvalue weighted by Crippen LogP contribution is -2.42. The van der Waals surface area contributed by atoms with Crippen LogP contribution in [0.25, 0.3) is 16.3 Å². The molecule has 2 aliphatic heterocycles. The van der Waals surface area contributed by atoms with Gasteiger partial charge in [-0.3, -0.25) is 14.4 Å². The van der Waals surface area contributed by atoms with E-state index in [9.17, 15) is 14.4 Å². The smallest absolute Gasteiger partial charge is 0.319 e. The highest BCUT2D eigenvalue weighted by Gasteiger charge is 2.60. The molecule has 7 heteroatoms. The van der Waals surface area contributed by atoms with Gasteiger partial charge in [-0.15, -0.1) is 0 Å². The number of carbonyl (C=O) groups excluding carboxylic acids is 3. The average Bonchev–Trinajstić information content (AvgIpc) is 3.22. The van der Waals surface area contributed by atoms with Gasteiger partial charge in [-0.05, 0) is 46.9 Å². The van der Waals surface area contributed by atoms with Crippen LogP contribution in [0, 0.1) is 17.8 Å². The topological polar surface area (TPSA) is 72.9 Å². The predicted octanol–water partition coefficient (Wildman–Crippen LogP) is 6.13. The lowest BCUT2D eigenvalue weighted by atomic mass is 9.64. The van der Waals surface area contributed by atoms with E-state index in [1.54, 1.807) is 25.3 Å². The van der Waals surface area contributed by atoms with Crippen LogP contribution in [0.4, 0.5) is 5.69 Å². The minimum Gasteiger partial charge on any atom is -0.497 e. The molecule has 1 saturated heterocycles. The Bertz CT molecular complexity index is 1730. The first-order chi connectivity index (χ1) is 19.0. The van der Waals surface area contributed by atoms with Crippen molar-refractivity contribution in [3.8, 4) is 11.5 Å². The zero-order valence-corrected chi connectivity index (χ0v) is 22.4. The van der Waals surface area contributed by atoms with E-state index in [0.717, 1.165) is 31.9 Å². The Morgan fingerprint density at radius 3 is 2.38 bits per heavy atom. The van der Waals surface area contributed by atoms with Crippen LogP contribution in [0.15, 0.2) is 95.5 Å². The Morgan fingerprint density at radius 2 is 1.62 bits per heavy atom. The molecular formula is C32H22BrNO5. The fourth-order valence-electron chi connectivity index (χ4n) is 6.31. The summed E-state index contributed by atoms with van der Waals surface area (Å²) in [6.07, 6.45) is 2.00. The van der Waals surface area contributed by atoms with E-state index in [1.165, 1.54) is 4.90 Å². The molecule has 192 valence electrons. The van der Waals surface area contributed by atoms with Gasteiger partial charge in [0.1, 0.15) is 11.5 Å². The van der Waals surface area contributed by atoms with Gasteiger partial charge >= 0.3 is 5.97 Å². The quantitative estimate of drug-likeness (QED) is 0.166. The number of hydrogen-bond acceptors (Lipinski definition) is 5. The number of imide groups is 1. The molecule has 0 saturated carbocycles. The third-order valence-electron chi connectivity index (χ3n) is 8.05. The van der Waals surface area contributed by atoms with Gasteiger partial charge in [0.25, 0.3) is 0 Å². The fourth-order valence-corrected chi connectivity index (χ4v) is 6.70. The zero-order valence-electron chi connectivity index (χ0n) is 20.8. The fraction of sp³-hybridized carbons (Fsp3) is 0.156. The molecule has 0 unspecified atom stereocenters. The molecule has 6 nitrogen and oxygen atoms in total. The molecule has 4 aromatic rings. The van der Waals surface area contributed by atoms with Crippen LogP contribution in [0.1, 0.15) is 17.0 Å². The van der Waals surface area contributed by atoms with Crippen LogP contribution in [0.5, 0.6) is 11.5 Å². The van der Waals surface area contributed by atoms with Crippen molar-refractivity contribution in [3.63, 3.8) is 0 Å². The molecule has 39 heavy (non-hydrogen) atoms. The third-order valence-corrected chi connectivity index (χ3v) is 8.55. The maximum Gasteiger partial charge on any atom is 0.319 e. The van der Waals surface area contributed by atoms with Gasteiger partial charge in [0.05, 0.1) is 30.6 Å². The van der Waals surface area contributed by atoms with Crippen LogP contribution in [-0.2, 0) is 14.4 Å². The van der Waals surface area contributed by atoms with E-state index in [0.29, 0.717) is 17.2 Å². The summed E-state index contributed by atoms with van der Waals surface area (Å²) < 4.78 is 12.0. The summed E-state index contributed by atoms with van der Waals surface area (Å²) in [6.45, 7) is 0. The molecule has 0 N–H and O–H groups in total. The largest absolute Gasteiger partial charge is 0.497 e. The standard InChI is InChI=1S/C32H22BrNO5/c1-38-21-12-9-18(10-13-21)24-16-25-23-14-11-17-5-2-3-8-22(17)29(23)39-32(37)27(25)28-26(24)30(35)34(31(28)36)20-7-4-6-19(33)15-20/h2-16,24,26-28H,1H3/t24-,26-,27-,28+/m0/s1. The number of carbonyl (C=O) groups is 3. The van der Waals surface area contributed by atoms with Crippen molar-refractivity contribution >= 4 is 55.7 Å². The van der Waals surface area contributed by atoms with E-state index in [1.807, 2.05) is 72.8 Å². The first-order valence-corrected chi connectivity index (χ1v) is 13.5. The van der Waals surface area contributed by atoms with E-state index in [2.05, 4.69) is 15.9 Å². The number of amides is 2. The van der Waals surface area contributed by atoms with Crippen LogP contribution >= 0.6 is 15.9 Å². The Balaban J connectivity index is 1.44. The Labute approximate surface area is 233 Å². The van der Waals surface area contributed by atoms with Gasteiger partial charge in [-0.1, -0.05) is 76.6 Å². The number of benzene rings is 4. The summed E-state index contributed by atoms with van der Waals surface area (Å²) >= 11 is 3.45. The normalized spacial score (nSPS) is 23.6. The molecule has 1 fully saturated rings. The maximum absolute atomic E-state index is 14.1. The van der Waals surface area contributed by atoms with E-state index in [4.69, 9.17) is 9.47 Å². The Morgan fingerprint density at radius 1 is 0.846 bits per heavy atom. The van der Waals surface area contributed by atoms with Gasteiger partial charge in [0.2, 0.25) is 11.8 Å². The van der Waals surface area contributed by atoms with E-state index in [-0.39, 0.29) is 5.91 Å². The van der Waals surface area contributed by atoms with Crippen molar-refractivity contribution in [3.05, 3.63) is 107 Å². The molecule has 7 rings (SSSR count). The van der Waals surface area contributed by atoms with Crippen LogP contribution in [-0.4, -0.2) is 24.9 Å². The highest BCUT2D eigenvalue weighted by molar-refractivity contribution is 9.10. The van der Waals surface area contributed by atoms with Gasteiger partial charge in [-0.25, -0.2) is 4.90 Å². The van der Waals surface area contributed by atoms with Crippen molar-refractivity contribution in [2.24, 2.45) is 17.8 Å². The minimum atomic E-state index is -0.893. The second-order valence-electron chi connectivity index (χ2n) is 10.0. The number of esters is 1. The van der Waals surface area contributed by atoms with Crippen LogP contribution in [0.2, 0.25) is 0 Å². The molecule has 4 atom stereocenters. The summed E-state index contributed by atoms with van der Waals surface area (Å²) in [5.41, 5.74) is 2.84. The van der Waals surface area contributed by atoms with Crippen molar-refractivity contribution in [2.45, 2.75) is 5.92 Å². The van der Waals surface area contributed by atoms with Gasteiger partial charge in [0, 0.05) is 21.3 Å². The molecule has 0 spiro atoms. The first-order valence-electron chi connectivity index (χ1n) is 12.7. The molecule has 0 radical (unpaired) electrons. The lowest BCUT2D eigenvalue weighted by molar-refractivity contribution is -0.142. The molecule has 3 aliphatic rings. The van der Waals surface area contributed by atoms with Gasteiger partial charge in [0.15, 0.2) is 0 Å². The summed E-state index contributed by atoms with van der Waals surface area (Å²) in [4.78, 5) is 43.1. The Kier molecular flexibility index (Phi) is 5.45. The average molecular weight is 580 g/mol.